The van der Waals surface area contributed by atoms with Gasteiger partial charge in [-0.15, -0.1) is 0 Å². The average molecular weight is 203 g/mol. The van der Waals surface area contributed by atoms with Gasteiger partial charge in [0.2, 0.25) is 0 Å². The van der Waals surface area contributed by atoms with Crippen molar-refractivity contribution >= 4 is 5.97 Å². The first-order valence-electron chi connectivity index (χ1n) is 4.66. The number of likely N-dealkylation sites (tertiary alicyclic amines) is 1. The van der Waals surface area contributed by atoms with Crippen molar-refractivity contribution < 1.29 is 19.7 Å². The Morgan fingerprint density at radius 1 is 1.71 bits per heavy atom. The Labute approximate surface area is 83.3 Å². The standard InChI is InChI=1S/C9H17NO4/c1-9(13,8(11)12)6-10-4-3-7(5-10)14-2/h7,13H,3-6H2,1-2H3,(H,11,12). The summed E-state index contributed by atoms with van der Waals surface area (Å²) in [6.07, 6.45) is 1.06. The molecule has 1 fully saturated rings. The van der Waals surface area contributed by atoms with E-state index in [2.05, 4.69) is 0 Å². The first-order valence-corrected chi connectivity index (χ1v) is 4.66. The normalized spacial score (nSPS) is 27.5. The van der Waals surface area contributed by atoms with Crippen LogP contribution in [0.3, 0.4) is 0 Å². The van der Waals surface area contributed by atoms with Gasteiger partial charge in [-0.3, -0.25) is 4.90 Å². The van der Waals surface area contributed by atoms with Crippen molar-refractivity contribution in [3.63, 3.8) is 0 Å². The van der Waals surface area contributed by atoms with Crippen molar-refractivity contribution in [2.45, 2.75) is 25.0 Å². The van der Waals surface area contributed by atoms with E-state index in [0.717, 1.165) is 13.0 Å². The Morgan fingerprint density at radius 3 is 2.79 bits per heavy atom. The molecule has 0 aromatic heterocycles. The van der Waals surface area contributed by atoms with Crippen molar-refractivity contribution in [1.29, 1.82) is 0 Å². The highest BCUT2D eigenvalue weighted by Crippen LogP contribution is 2.15. The minimum Gasteiger partial charge on any atom is -0.479 e. The predicted molar refractivity (Wildman–Crippen MR) is 50.1 cm³/mol. The first-order chi connectivity index (χ1) is 6.45. The Balaban J connectivity index is 2.42. The van der Waals surface area contributed by atoms with Crippen LogP contribution >= 0.6 is 0 Å². The zero-order valence-corrected chi connectivity index (χ0v) is 8.56. The number of aliphatic carboxylic acids is 1. The van der Waals surface area contributed by atoms with E-state index >= 15 is 0 Å². The molecule has 0 saturated carbocycles. The number of hydrogen-bond acceptors (Lipinski definition) is 4. The Bertz CT molecular complexity index is 217. The number of carboxylic acids is 1. The van der Waals surface area contributed by atoms with Gasteiger partial charge >= 0.3 is 5.97 Å². The highest BCUT2D eigenvalue weighted by atomic mass is 16.5. The minimum atomic E-state index is -1.66. The molecular weight excluding hydrogens is 186 g/mol. The number of methoxy groups -OCH3 is 1. The van der Waals surface area contributed by atoms with Gasteiger partial charge in [0.05, 0.1) is 6.10 Å². The summed E-state index contributed by atoms with van der Waals surface area (Å²) in [7, 11) is 1.64. The Kier molecular flexibility index (Phi) is 3.47. The highest BCUT2D eigenvalue weighted by Gasteiger charge is 2.34. The molecule has 1 saturated heterocycles. The SMILES string of the molecule is COC1CCN(CC(C)(O)C(=O)O)C1. The summed E-state index contributed by atoms with van der Waals surface area (Å²) in [6.45, 7) is 2.94. The summed E-state index contributed by atoms with van der Waals surface area (Å²) in [6, 6.07) is 0. The number of rotatable bonds is 4. The van der Waals surface area contributed by atoms with Crippen LogP contribution in [0.1, 0.15) is 13.3 Å². The van der Waals surface area contributed by atoms with E-state index in [1.807, 2.05) is 4.90 Å². The second-order valence-corrected chi connectivity index (χ2v) is 3.96. The quantitative estimate of drug-likeness (QED) is 0.647. The molecule has 5 heteroatoms. The molecule has 5 nitrogen and oxygen atoms in total. The smallest absolute Gasteiger partial charge is 0.336 e. The number of ether oxygens (including phenoxy) is 1. The van der Waals surface area contributed by atoms with E-state index in [0.29, 0.717) is 6.54 Å². The number of β-amino-alcohol motifs (C(OH)–C–C–N with tert-alkyl or cyclic N) is 1. The molecule has 1 aliphatic rings. The summed E-state index contributed by atoms with van der Waals surface area (Å²) in [5.41, 5.74) is -1.66. The Morgan fingerprint density at radius 2 is 2.36 bits per heavy atom. The molecule has 82 valence electrons. The zero-order valence-electron chi connectivity index (χ0n) is 8.56. The van der Waals surface area contributed by atoms with Crippen molar-refractivity contribution in [2.75, 3.05) is 26.7 Å². The molecule has 2 N–H and O–H groups in total. The molecule has 0 aliphatic carbocycles. The minimum absolute atomic E-state index is 0.155. The van der Waals surface area contributed by atoms with Gasteiger partial charge in [0.25, 0.3) is 0 Å². The molecule has 2 atom stereocenters. The maximum atomic E-state index is 10.7. The molecule has 0 spiro atoms. The third kappa shape index (κ3) is 2.67. The summed E-state index contributed by atoms with van der Waals surface area (Å²) in [5.74, 6) is -1.18. The van der Waals surface area contributed by atoms with E-state index in [9.17, 15) is 9.90 Å². The van der Waals surface area contributed by atoms with E-state index < -0.39 is 11.6 Å². The molecule has 1 heterocycles. The summed E-state index contributed by atoms with van der Waals surface area (Å²) in [5, 5.41) is 18.2. The van der Waals surface area contributed by atoms with Crippen LogP contribution in [-0.4, -0.2) is 59.5 Å². The zero-order chi connectivity index (χ0) is 10.8. The second kappa shape index (κ2) is 4.25. The van der Waals surface area contributed by atoms with Crippen molar-refractivity contribution in [3.05, 3.63) is 0 Å². The average Bonchev–Trinajstić information content (AvgIpc) is 2.51. The van der Waals surface area contributed by atoms with E-state index in [1.54, 1.807) is 7.11 Å². The molecule has 2 unspecified atom stereocenters. The van der Waals surface area contributed by atoms with Crippen LogP contribution in [0.4, 0.5) is 0 Å². The lowest BCUT2D eigenvalue weighted by Gasteiger charge is -2.24. The second-order valence-electron chi connectivity index (χ2n) is 3.96. The van der Waals surface area contributed by atoms with Crippen molar-refractivity contribution in [1.82, 2.24) is 4.90 Å². The van der Waals surface area contributed by atoms with Crippen LogP contribution in [0.5, 0.6) is 0 Å². The largest absolute Gasteiger partial charge is 0.479 e. The molecular formula is C9H17NO4. The summed E-state index contributed by atoms with van der Waals surface area (Å²) in [4.78, 5) is 12.6. The van der Waals surface area contributed by atoms with Crippen LogP contribution in [-0.2, 0) is 9.53 Å². The van der Waals surface area contributed by atoms with Crippen LogP contribution in [0.25, 0.3) is 0 Å². The topological polar surface area (TPSA) is 70.0 Å². The molecule has 0 radical (unpaired) electrons. The monoisotopic (exact) mass is 203 g/mol. The van der Waals surface area contributed by atoms with Gasteiger partial charge in [-0.1, -0.05) is 0 Å². The molecule has 0 amide bonds. The van der Waals surface area contributed by atoms with Crippen LogP contribution in [0, 0.1) is 0 Å². The van der Waals surface area contributed by atoms with Crippen molar-refractivity contribution in [2.24, 2.45) is 0 Å². The van der Waals surface area contributed by atoms with Crippen LogP contribution in [0.2, 0.25) is 0 Å². The first kappa shape index (κ1) is 11.4. The predicted octanol–water partition coefficient (Wildman–Crippen LogP) is -0.457. The maximum Gasteiger partial charge on any atom is 0.336 e. The molecule has 1 rings (SSSR count). The number of hydrogen-bond donors (Lipinski definition) is 2. The summed E-state index contributed by atoms with van der Waals surface area (Å²) < 4.78 is 5.15. The van der Waals surface area contributed by atoms with Gasteiger partial charge in [-0.05, 0) is 13.3 Å². The molecule has 0 aromatic rings. The highest BCUT2D eigenvalue weighted by molar-refractivity contribution is 5.76. The van der Waals surface area contributed by atoms with Gasteiger partial charge in [-0.25, -0.2) is 4.79 Å². The number of aliphatic hydroxyl groups is 1. The van der Waals surface area contributed by atoms with Gasteiger partial charge in [0.1, 0.15) is 0 Å². The van der Waals surface area contributed by atoms with E-state index in [-0.39, 0.29) is 12.6 Å². The van der Waals surface area contributed by atoms with Crippen molar-refractivity contribution in [3.8, 4) is 0 Å². The van der Waals surface area contributed by atoms with E-state index in [1.165, 1.54) is 6.92 Å². The number of nitrogens with zero attached hydrogens (tertiary/aromatic N) is 1. The van der Waals surface area contributed by atoms with E-state index in [4.69, 9.17) is 9.84 Å². The third-order valence-corrected chi connectivity index (χ3v) is 2.55. The van der Waals surface area contributed by atoms with Crippen LogP contribution in [0.15, 0.2) is 0 Å². The molecule has 14 heavy (non-hydrogen) atoms. The fourth-order valence-corrected chi connectivity index (χ4v) is 1.64. The van der Waals surface area contributed by atoms with Crippen LogP contribution < -0.4 is 0 Å². The van der Waals surface area contributed by atoms with Gasteiger partial charge in [-0.2, -0.15) is 0 Å². The molecule has 0 aromatic carbocycles. The Hall–Kier alpha value is -0.650. The number of carbonyl (C=O) groups is 1. The maximum absolute atomic E-state index is 10.7. The van der Waals surface area contributed by atoms with Gasteiger partial charge in [0, 0.05) is 26.7 Å². The molecule has 0 bridgehead atoms. The lowest BCUT2D eigenvalue weighted by Crippen LogP contribution is -2.46. The van der Waals surface area contributed by atoms with Gasteiger partial charge in [0.15, 0.2) is 5.60 Å². The fraction of sp³-hybridized carbons (Fsp3) is 0.889. The molecule has 1 aliphatic heterocycles. The third-order valence-electron chi connectivity index (χ3n) is 2.55. The van der Waals surface area contributed by atoms with Gasteiger partial charge < -0.3 is 14.9 Å². The lowest BCUT2D eigenvalue weighted by molar-refractivity contribution is -0.158. The number of carboxylic acid groups (broad SMARTS) is 1. The fourth-order valence-electron chi connectivity index (χ4n) is 1.64. The lowest BCUT2D eigenvalue weighted by atomic mass is 10.1. The summed E-state index contributed by atoms with van der Waals surface area (Å²) >= 11 is 0.